The van der Waals surface area contributed by atoms with Gasteiger partial charge in [0.2, 0.25) is 17.7 Å². The lowest BCUT2D eigenvalue weighted by Gasteiger charge is -2.30. The second kappa shape index (κ2) is 12.0. The summed E-state index contributed by atoms with van der Waals surface area (Å²) in [4.78, 5) is 54.7. The molecule has 4 rings (SSSR count). The maximum atomic E-state index is 13.5. The number of aliphatic carboxylic acids is 1. The Labute approximate surface area is 216 Å². The molecule has 4 N–H and O–H groups in total. The summed E-state index contributed by atoms with van der Waals surface area (Å²) in [6.07, 6.45) is 2.71. The van der Waals surface area contributed by atoms with Crippen LogP contribution in [0.3, 0.4) is 0 Å². The summed E-state index contributed by atoms with van der Waals surface area (Å²) in [7, 11) is 0. The quantitative estimate of drug-likeness (QED) is 0.470. The highest BCUT2D eigenvalue weighted by Crippen LogP contribution is 2.22. The van der Waals surface area contributed by atoms with E-state index < -0.39 is 42.0 Å². The summed E-state index contributed by atoms with van der Waals surface area (Å²) in [6.45, 7) is 0.753. The third-order valence-electron chi connectivity index (χ3n) is 7.17. The summed E-state index contributed by atoms with van der Waals surface area (Å²) in [6, 6.07) is 15.4. The van der Waals surface area contributed by atoms with Crippen LogP contribution in [0.5, 0.6) is 0 Å². The zero-order valence-electron chi connectivity index (χ0n) is 20.8. The van der Waals surface area contributed by atoms with Gasteiger partial charge in [0.05, 0.1) is 6.04 Å². The van der Waals surface area contributed by atoms with E-state index >= 15 is 0 Å². The van der Waals surface area contributed by atoms with E-state index in [0.717, 1.165) is 11.1 Å². The number of likely N-dealkylation sites (tertiary alicyclic amines) is 2. The van der Waals surface area contributed by atoms with Gasteiger partial charge in [0.25, 0.3) is 0 Å². The molecule has 196 valence electrons. The maximum Gasteiger partial charge on any atom is 0.326 e. The fourth-order valence-corrected chi connectivity index (χ4v) is 5.28. The van der Waals surface area contributed by atoms with Gasteiger partial charge in [-0.25, -0.2) is 4.79 Å². The first-order chi connectivity index (χ1) is 17.8. The molecule has 2 fully saturated rings. The van der Waals surface area contributed by atoms with Gasteiger partial charge in [-0.05, 0) is 43.2 Å². The van der Waals surface area contributed by atoms with E-state index in [-0.39, 0.29) is 12.3 Å². The maximum absolute atomic E-state index is 13.5. The fourth-order valence-electron chi connectivity index (χ4n) is 5.28. The average Bonchev–Trinajstić information content (AvgIpc) is 3.59. The molecule has 0 aliphatic carbocycles. The summed E-state index contributed by atoms with van der Waals surface area (Å²) in [5.74, 6) is -2.18. The molecular formula is C28H34N4O5. The van der Waals surface area contributed by atoms with Crippen LogP contribution in [-0.4, -0.2) is 75.9 Å². The number of carboxylic acids is 1. The van der Waals surface area contributed by atoms with E-state index in [4.69, 9.17) is 5.73 Å². The molecule has 37 heavy (non-hydrogen) atoms. The van der Waals surface area contributed by atoms with Gasteiger partial charge in [0.15, 0.2) is 0 Å². The van der Waals surface area contributed by atoms with Gasteiger partial charge in [-0.3, -0.25) is 14.4 Å². The van der Waals surface area contributed by atoms with Crippen molar-refractivity contribution < 1.29 is 24.3 Å². The number of hydrogen-bond acceptors (Lipinski definition) is 5. The Hall–Kier alpha value is -3.72. The van der Waals surface area contributed by atoms with E-state index in [9.17, 15) is 24.3 Å². The Morgan fingerprint density at radius 3 is 1.89 bits per heavy atom. The first kappa shape index (κ1) is 26.3. The van der Waals surface area contributed by atoms with Gasteiger partial charge in [0.1, 0.15) is 18.1 Å². The standard InChI is InChI=1S/C28H34N4O5/c29-21(17-19-9-3-1-4-10-19)26(34)31-15-7-13-23(31)25(33)30-22(18-20-11-5-2-6-12-20)27(35)32-16-8-14-24(32)28(36)37/h1-6,9-12,21-24H,7-8,13-18,29H2,(H,30,33)(H,36,37). The van der Waals surface area contributed by atoms with Crippen LogP contribution < -0.4 is 11.1 Å². The van der Waals surface area contributed by atoms with Crippen molar-refractivity contribution in [3.8, 4) is 0 Å². The third-order valence-corrected chi connectivity index (χ3v) is 7.17. The Bertz CT molecular complexity index is 1110. The minimum atomic E-state index is -1.05. The second-order valence-corrected chi connectivity index (χ2v) is 9.76. The van der Waals surface area contributed by atoms with E-state index in [0.29, 0.717) is 45.2 Å². The Morgan fingerprint density at radius 2 is 1.32 bits per heavy atom. The van der Waals surface area contributed by atoms with Crippen LogP contribution >= 0.6 is 0 Å². The highest BCUT2D eigenvalue weighted by Gasteiger charge is 2.40. The number of nitrogens with one attached hydrogen (secondary N) is 1. The molecule has 0 spiro atoms. The molecule has 0 bridgehead atoms. The first-order valence-corrected chi connectivity index (χ1v) is 12.8. The molecule has 2 saturated heterocycles. The topological polar surface area (TPSA) is 133 Å². The highest BCUT2D eigenvalue weighted by molar-refractivity contribution is 5.94. The lowest BCUT2D eigenvalue weighted by Crippen LogP contribution is -2.57. The largest absolute Gasteiger partial charge is 0.480 e. The Morgan fingerprint density at radius 1 is 0.811 bits per heavy atom. The lowest BCUT2D eigenvalue weighted by molar-refractivity contribution is -0.149. The monoisotopic (exact) mass is 506 g/mol. The molecule has 2 aromatic carbocycles. The lowest BCUT2D eigenvalue weighted by atomic mass is 10.0. The number of amides is 3. The minimum absolute atomic E-state index is 0.225. The number of carbonyl (C=O) groups excluding carboxylic acids is 3. The van der Waals surface area contributed by atoms with E-state index in [1.807, 2.05) is 60.7 Å². The predicted octanol–water partition coefficient (Wildman–Crippen LogP) is 1.35. The summed E-state index contributed by atoms with van der Waals surface area (Å²) < 4.78 is 0. The normalized spacial score (nSPS) is 20.9. The average molecular weight is 507 g/mol. The van der Waals surface area contributed by atoms with Crippen LogP contribution in [0.15, 0.2) is 60.7 Å². The fraction of sp³-hybridized carbons (Fsp3) is 0.429. The van der Waals surface area contributed by atoms with Crippen molar-refractivity contribution in [1.82, 2.24) is 15.1 Å². The molecule has 2 aromatic rings. The van der Waals surface area contributed by atoms with Crippen molar-refractivity contribution in [3.63, 3.8) is 0 Å². The van der Waals surface area contributed by atoms with Crippen molar-refractivity contribution >= 4 is 23.7 Å². The molecule has 2 aliphatic rings. The number of nitrogens with zero attached hydrogens (tertiary/aromatic N) is 2. The van der Waals surface area contributed by atoms with Crippen LogP contribution in [0.4, 0.5) is 0 Å². The predicted molar refractivity (Wildman–Crippen MR) is 137 cm³/mol. The smallest absolute Gasteiger partial charge is 0.326 e. The SMILES string of the molecule is NC(Cc1ccccc1)C(=O)N1CCCC1C(=O)NC(Cc1ccccc1)C(=O)N1CCCC1C(=O)O. The number of benzene rings is 2. The highest BCUT2D eigenvalue weighted by atomic mass is 16.4. The molecule has 4 atom stereocenters. The molecule has 9 heteroatoms. The van der Waals surface area contributed by atoms with Gasteiger partial charge < -0.3 is 26.0 Å². The van der Waals surface area contributed by atoms with Gasteiger partial charge >= 0.3 is 5.97 Å². The van der Waals surface area contributed by atoms with Crippen LogP contribution in [0, 0.1) is 0 Å². The van der Waals surface area contributed by atoms with Crippen LogP contribution in [-0.2, 0) is 32.0 Å². The van der Waals surface area contributed by atoms with E-state index in [1.54, 1.807) is 0 Å². The zero-order chi connectivity index (χ0) is 26.4. The molecule has 0 saturated carbocycles. The number of carbonyl (C=O) groups is 4. The molecule has 0 radical (unpaired) electrons. The number of hydrogen-bond donors (Lipinski definition) is 3. The van der Waals surface area contributed by atoms with E-state index in [1.165, 1.54) is 9.80 Å². The molecule has 9 nitrogen and oxygen atoms in total. The Balaban J connectivity index is 1.48. The van der Waals surface area contributed by atoms with Crippen molar-refractivity contribution in [2.45, 2.75) is 62.7 Å². The molecular weight excluding hydrogens is 472 g/mol. The van der Waals surface area contributed by atoms with Crippen LogP contribution in [0.2, 0.25) is 0 Å². The summed E-state index contributed by atoms with van der Waals surface area (Å²) in [5, 5.41) is 12.4. The van der Waals surface area contributed by atoms with Gasteiger partial charge in [-0.2, -0.15) is 0 Å². The Kier molecular flexibility index (Phi) is 8.55. The molecule has 0 aromatic heterocycles. The van der Waals surface area contributed by atoms with E-state index in [2.05, 4.69) is 5.32 Å². The third kappa shape index (κ3) is 6.35. The zero-order valence-corrected chi connectivity index (χ0v) is 20.8. The van der Waals surface area contributed by atoms with Crippen molar-refractivity contribution in [2.75, 3.05) is 13.1 Å². The second-order valence-electron chi connectivity index (χ2n) is 9.76. The first-order valence-electron chi connectivity index (χ1n) is 12.8. The number of rotatable bonds is 9. The van der Waals surface area contributed by atoms with Crippen molar-refractivity contribution in [3.05, 3.63) is 71.8 Å². The van der Waals surface area contributed by atoms with Crippen LogP contribution in [0.1, 0.15) is 36.8 Å². The van der Waals surface area contributed by atoms with Gasteiger partial charge in [-0.15, -0.1) is 0 Å². The van der Waals surface area contributed by atoms with Gasteiger partial charge in [-0.1, -0.05) is 60.7 Å². The summed E-state index contributed by atoms with van der Waals surface area (Å²) in [5.41, 5.74) is 8.01. The number of nitrogens with two attached hydrogens (primary N) is 1. The van der Waals surface area contributed by atoms with Crippen molar-refractivity contribution in [1.29, 1.82) is 0 Å². The molecule has 3 amide bonds. The van der Waals surface area contributed by atoms with Gasteiger partial charge in [0, 0.05) is 19.5 Å². The summed E-state index contributed by atoms with van der Waals surface area (Å²) >= 11 is 0. The minimum Gasteiger partial charge on any atom is -0.480 e. The van der Waals surface area contributed by atoms with Crippen LogP contribution in [0.25, 0.3) is 0 Å². The molecule has 2 aliphatic heterocycles. The number of carboxylic acid groups (broad SMARTS) is 1. The molecule has 2 heterocycles. The van der Waals surface area contributed by atoms with Crippen molar-refractivity contribution in [2.24, 2.45) is 5.73 Å². The molecule has 4 unspecified atom stereocenters.